The summed E-state index contributed by atoms with van der Waals surface area (Å²) in [6.45, 7) is 2.17. The Morgan fingerprint density at radius 1 is 1.35 bits per heavy atom. The molecule has 1 heterocycles. The lowest BCUT2D eigenvalue weighted by atomic mass is 10.2. The molecule has 2 saturated carbocycles. The molecule has 2 amide bonds. The van der Waals surface area contributed by atoms with E-state index in [2.05, 4.69) is 27.8 Å². The van der Waals surface area contributed by atoms with Gasteiger partial charge in [-0.25, -0.2) is 4.79 Å². The molecule has 0 spiro atoms. The summed E-state index contributed by atoms with van der Waals surface area (Å²) in [5, 5.41) is 16.3. The van der Waals surface area contributed by atoms with Gasteiger partial charge in [0.1, 0.15) is 5.01 Å². The number of amides is 2. The van der Waals surface area contributed by atoms with Gasteiger partial charge in [0.15, 0.2) is 0 Å². The van der Waals surface area contributed by atoms with E-state index in [1.165, 1.54) is 37.0 Å². The van der Waals surface area contributed by atoms with Crippen LogP contribution in [0.3, 0.4) is 0 Å². The SMILES string of the molecule is CCS[C@H]1CCC[C@@H]1NC(=O)Nc1nnc(C2CC2)s1. The van der Waals surface area contributed by atoms with E-state index in [1.54, 1.807) is 0 Å². The van der Waals surface area contributed by atoms with Crippen LogP contribution in [0.5, 0.6) is 0 Å². The monoisotopic (exact) mass is 312 g/mol. The number of anilines is 1. The van der Waals surface area contributed by atoms with Gasteiger partial charge in [0, 0.05) is 17.2 Å². The van der Waals surface area contributed by atoms with Gasteiger partial charge in [-0.05, 0) is 31.4 Å². The molecule has 2 aliphatic rings. The molecule has 0 aliphatic heterocycles. The molecule has 1 aromatic rings. The van der Waals surface area contributed by atoms with E-state index in [4.69, 9.17) is 0 Å². The Bertz CT molecular complexity index is 475. The van der Waals surface area contributed by atoms with Crippen molar-refractivity contribution < 1.29 is 4.79 Å². The zero-order valence-electron chi connectivity index (χ0n) is 11.6. The van der Waals surface area contributed by atoms with Crippen molar-refractivity contribution in [3.63, 3.8) is 0 Å². The first kappa shape index (κ1) is 14.1. The van der Waals surface area contributed by atoms with Crippen molar-refractivity contribution in [3.8, 4) is 0 Å². The summed E-state index contributed by atoms with van der Waals surface area (Å²) in [5.74, 6) is 1.69. The van der Waals surface area contributed by atoms with Gasteiger partial charge in [0.2, 0.25) is 5.13 Å². The minimum absolute atomic E-state index is 0.142. The third-order valence-corrected chi connectivity index (χ3v) is 6.06. The maximum Gasteiger partial charge on any atom is 0.321 e. The molecule has 3 rings (SSSR count). The maximum absolute atomic E-state index is 12.0. The standard InChI is InChI=1S/C13H20N4OS2/c1-2-19-10-5-3-4-9(10)14-12(18)15-13-17-16-11(20-13)8-6-7-8/h8-10H,2-7H2,1H3,(H2,14,15,17,18)/t9-,10-/m0/s1. The van der Waals surface area contributed by atoms with Crippen LogP contribution in [0.1, 0.15) is 50.0 Å². The molecule has 2 N–H and O–H groups in total. The van der Waals surface area contributed by atoms with Crippen LogP contribution in [0, 0.1) is 0 Å². The molecule has 0 radical (unpaired) electrons. The molecule has 0 bridgehead atoms. The second-order valence-electron chi connectivity index (χ2n) is 5.35. The number of aromatic nitrogens is 2. The van der Waals surface area contributed by atoms with Crippen molar-refractivity contribution in [2.45, 2.75) is 56.2 Å². The van der Waals surface area contributed by atoms with Crippen molar-refractivity contribution in [1.82, 2.24) is 15.5 Å². The summed E-state index contributed by atoms with van der Waals surface area (Å²) >= 11 is 3.45. The zero-order chi connectivity index (χ0) is 13.9. The van der Waals surface area contributed by atoms with Crippen molar-refractivity contribution in [2.24, 2.45) is 0 Å². The van der Waals surface area contributed by atoms with Crippen LogP contribution in [0.25, 0.3) is 0 Å². The lowest BCUT2D eigenvalue weighted by Crippen LogP contribution is -2.41. The predicted octanol–water partition coefficient (Wildman–Crippen LogP) is 3.21. The van der Waals surface area contributed by atoms with E-state index in [1.807, 2.05) is 11.8 Å². The molecule has 2 atom stereocenters. The van der Waals surface area contributed by atoms with Crippen LogP contribution in [0.2, 0.25) is 0 Å². The van der Waals surface area contributed by atoms with Gasteiger partial charge in [-0.1, -0.05) is 24.7 Å². The Kier molecular flexibility index (Phi) is 4.45. The van der Waals surface area contributed by atoms with Crippen LogP contribution in [-0.2, 0) is 0 Å². The zero-order valence-corrected chi connectivity index (χ0v) is 13.2. The topological polar surface area (TPSA) is 66.9 Å². The van der Waals surface area contributed by atoms with E-state index in [0.29, 0.717) is 16.3 Å². The number of thioether (sulfide) groups is 1. The number of rotatable bonds is 5. The molecular weight excluding hydrogens is 292 g/mol. The first-order chi connectivity index (χ1) is 9.76. The highest BCUT2D eigenvalue weighted by molar-refractivity contribution is 7.99. The van der Waals surface area contributed by atoms with Crippen LogP contribution in [0.4, 0.5) is 9.93 Å². The second-order valence-corrected chi connectivity index (χ2v) is 7.87. The molecule has 1 aromatic heterocycles. The predicted molar refractivity (Wildman–Crippen MR) is 83.6 cm³/mol. The second kappa shape index (κ2) is 6.30. The number of nitrogens with one attached hydrogen (secondary N) is 2. The molecule has 0 aromatic carbocycles. The van der Waals surface area contributed by atoms with Gasteiger partial charge in [0.05, 0.1) is 0 Å². The van der Waals surface area contributed by atoms with Gasteiger partial charge < -0.3 is 5.32 Å². The molecule has 20 heavy (non-hydrogen) atoms. The fraction of sp³-hybridized carbons (Fsp3) is 0.769. The summed E-state index contributed by atoms with van der Waals surface area (Å²) in [5.41, 5.74) is 0. The summed E-state index contributed by atoms with van der Waals surface area (Å²) in [4.78, 5) is 12.0. The molecule has 0 saturated heterocycles. The van der Waals surface area contributed by atoms with Gasteiger partial charge in [-0.15, -0.1) is 10.2 Å². The average molecular weight is 312 g/mol. The summed E-state index contributed by atoms with van der Waals surface area (Å²) in [6, 6.07) is 0.146. The highest BCUT2D eigenvalue weighted by Crippen LogP contribution is 2.42. The average Bonchev–Trinajstić information content (AvgIpc) is 3.03. The van der Waals surface area contributed by atoms with E-state index in [-0.39, 0.29) is 12.1 Å². The lowest BCUT2D eigenvalue weighted by molar-refractivity contribution is 0.249. The minimum atomic E-state index is -0.142. The Labute approximate surface area is 127 Å². The Morgan fingerprint density at radius 2 is 2.20 bits per heavy atom. The molecule has 110 valence electrons. The lowest BCUT2D eigenvalue weighted by Gasteiger charge is -2.19. The number of nitrogens with zero attached hydrogens (tertiary/aromatic N) is 2. The van der Waals surface area contributed by atoms with E-state index in [9.17, 15) is 4.79 Å². The normalized spacial score (nSPS) is 25.6. The summed E-state index contributed by atoms with van der Waals surface area (Å²) in [7, 11) is 0. The fourth-order valence-electron chi connectivity index (χ4n) is 2.59. The van der Waals surface area contributed by atoms with Gasteiger partial charge >= 0.3 is 6.03 Å². The maximum atomic E-state index is 12.0. The summed E-state index contributed by atoms with van der Waals surface area (Å²) < 4.78 is 0. The Hall–Kier alpha value is -0.820. The van der Waals surface area contributed by atoms with Crippen molar-refractivity contribution in [3.05, 3.63) is 5.01 Å². The number of carbonyl (C=O) groups excluding carboxylic acids is 1. The Balaban J connectivity index is 1.50. The van der Waals surface area contributed by atoms with E-state index in [0.717, 1.165) is 17.2 Å². The van der Waals surface area contributed by atoms with Crippen LogP contribution >= 0.6 is 23.1 Å². The Morgan fingerprint density at radius 3 is 2.95 bits per heavy atom. The quantitative estimate of drug-likeness (QED) is 0.876. The number of hydrogen-bond acceptors (Lipinski definition) is 5. The first-order valence-corrected chi connectivity index (χ1v) is 9.15. The number of carbonyl (C=O) groups is 1. The van der Waals surface area contributed by atoms with Crippen LogP contribution in [-0.4, -0.2) is 33.3 Å². The number of urea groups is 1. The van der Waals surface area contributed by atoms with Gasteiger partial charge in [-0.3, -0.25) is 5.32 Å². The minimum Gasteiger partial charge on any atom is -0.334 e. The van der Waals surface area contributed by atoms with E-state index < -0.39 is 0 Å². The smallest absolute Gasteiger partial charge is 0.321 e. The van der Waals surface area contributed by atoms with Crippen LogP contribution < -0.4 is 10.6 Å². The van der Waals surface area contributed by atoms with E-state index >= 15 is 0 Å². The highest BCUT2D eigenvalue weighted by Gasteiger charge is 2.30. The van der Waals surface area contributed by atoms with Crippen LogP contribution in [0.15, 0.2) is 0 Å². The molecule has 0 unspecified atom stereocenters. The van der Waals surface area contributed by atoms with Crippen molar-refractivity contribution in [2.75, 3.05) is 11.1 Å². The third-order valence-electron chi connectivity index (χ3n) is 3.74. The van der Waals surface area contributed by atoms with Gasteiger partial charge in [0.25, 0.3) is 0 Å². The number of hydrogen-bond donors (Lipinski definition) is 2. The summed E-state index contributed by atoms with van der Waals surface area (Å²) in [6.07, 6.45) is 5.90. The largest absolute Gasteiger partial charge is 0.334 e. The molecular formula is C13H20N4OS2. The van der Waals surface area contributed by atoms with Crippen molar-refractivity contribution in [1.29, 1.82) is 0 Å². The third kappa shape index (κ3) is 3.44. The molecule has 5 nitrogen and oxygen atoms in total. The van der Waals surface area contributed by atoms with Crippen molar-refractivity contribution >= 4 is 34.3 Å². The van der Waals surface area contributed by atoms with Gasteiger partial charge in [-0.2, -0.15) is 11.8 Å². The highest BCUT2D eigenvalue weighted by atomic mass is 32.2. The molecule has 7 heteroatoms. The first-order valence-electron chi connectivity index (χ1n) is 7.28. The molecule has 2 fully saturated rings. The molecule has 2 aliphatic carbocycles. The fourth-order valence-corrected chi connectivity index (χ4v) is 4.69.